The summed E-state index contributed by atoms with van der Waals surface area (Å²) in [6, 6.07) is 9.03. The van der Waals surface area contributed by atoms with Crippen molar-refractivity contribution in [2.75, 3.05) is 25.1 Å². The third-order valence-electron chi connectivity index (χ3n) is 5.75. The Morgan fingerprint density at radius 3 is 2.28 bits per heavy atom. The summed E-state index contributed by atoms with van der Waals surface area (Å²) in [6.45, 7) is 3.78. The van der Waals surface area contributed by atoms with Crippen LogP contribution >= 0.6 is 11.9 Å². The first-order valence-electron chi connectivity index (χ1n) is 11.2. The van der Waals surface area contributed by atoms with Crippen molar-refractivity contribution < 1.29 is 31.1 Å². The van der Waals surface area contributed by atoms with Crippen molar-refractivity contribution in [2.24, 2.45) is 5.41 Å². The molecule has 0 N–H and O–H groups in total. The van der Waals surface area contributed by atoms with Crippen molar-refractivity contribution >= 4 is 23.3 Å². The lowest BCUT2D eigenvalue weighted by atomic mass is 9.97. The molecule has 1 aliphatic rings. The van der Waals surface area contributed by atoms with Gasteiger partial charge < -0.3 is 9.64 Å². The quantitative estimate of drug-likeness (QED) is 0.271. The SMILES string of the molecule is CN1Sc2cc(OCC(C)(C)C#N)c(C(F)(F)F)cc2N(c2ccc(F)cc2)CC1CCC(C)(F)F. The number of nitrogens with zero attached hydrogens (tertiary/aromatic N) is 3. The summed E-state index contributed by atoms with van der Waals surface area (Å²) in [7, 11) is 1.69. The molecule has 11 heteroatoms. The molecule has 0 aliphatic carbocycles. The number of fused-ring (bicyclic) bond motifs is 1. The van der Waals surface area contributed by atoms with Crippen LogP contribution in [-0.2, 0) is 6.18 Å². The van der Waals surface area contributed by atoms with Crippen LogP contribution in [0, 0.1) is 22.6 Å². The molecule has 4 nitrogen and oxygen atoms in total. The molecule has 0 amide bonds. The van der Waals surface area contributed by atoms with Crippen molar-refractivity contribution in [3.8, 4) is 11.8 Å². The lowest BCUT2D eigenvalue weighted by Gasteiger charge is -2.31. The Kier molecular flexibility index (Phi) is 8.10. The average molecular weight is 532 g/mol. The molecule has 0 radical (unpaired) electrons. The van der Waals surface area contributed by atoms with Crippen LogP contribution in [0.1, 0.15) is 39.2 Å². The Labute approximate surface area is 211 Å². The molecule has 36 heavy (non-hydrogen) atoms. The molecule has 0 aromatic heterocycles. The number of hydrogen-bond acceptors (Lipinski definition) is 5. The molecule has 1 aliphatic heterocycles. The van der Waals surface area contributed by atoms with Gasteiger partial charge in [-0.05, 0) is 82.6 Å². The van der Waals surface area contributed by atoms with Gasteiger partial charge in [-0.25, -0.2) is 17.5 Å². The number of likely N-dealkylation sites (N-methyl/N-ethyl adjacent to an activating group) is 1. The Morgan fingerprint density at radius 2 is 1.72 bits per heavy atom. The van der Waals surface area contributed by atoms with E-state index in [1.54, 1.807) is 30.1 Å². The number of ether oxygens (including phenoxy) is 1. The van der Waals surface area contributed by atoms with E-state index in [4.69, 9.17) is 4.74 Å². The maximum Gasteiger partial charge on any atom is 0.420 e. The largest absolute Gasteiger partial charge is 0.491 e. The van der Waals surface area contributed by atoms with Crippen molar-refractivity contribution in [3.63, 3.8) is 0 Å². The predicted octanol–water partition coefficient (Wildman–Crippen LogP) is 7.67. The van der Waals surface area contributed by atoms with Crippen LogP contribution < -0.4 is 9.64 Å². The van der Waals surface area contributed by atoms with E-state index in [2.05, 4.69) is 0 Å². The molecule has 2 aromatic carbocycles. The molecule has 1 unspecified atom stereocenters. The van der Waals surface area contributed by atoms with E-state index in [1.165, 1.54) is 30.3 Å². The molecule has 1 heterocycles. The standard InChI is InChI=1S/C25H27F6N3OS/c1-23(2,14-32)15-35-21-12-22-20(11-19(21)25(29,30)31)34(17-7-5-16(26)6-8-17)13-18(33(4)36-22)9-10-24(3,27)28/h5-8,11-12,18H,9-10,13,15H2,1-4H3. The van der Waals surface area contributed by atoms with E-state index in [1.807, 2.05) is 6.07 Å². The molecule has 0 saturated heterocycles. The third kappa shape index (κ3) is 7.01. The van der Waals surface area contributed by atoms with Gasteiger partial charge in [0.15, 0.2) is 0 Å². The summed E-state index contributed by atoms with van der Waals surface area (Å²) in [5.41, 5.74) is -1.42. The number of nitriles is 1. The Hall–Kier alpha value is -2.58. The average Bonchev–Trinajstić information content (AvgIpc) is 2.90. The topological polar surface area (TPSA) is 39.5 Å². The van der Waals surface area contributed by atoms with Gasteiger partial charge in [-0.2, -0.15) is 18.4 Å². The van der Waals surface area contributed by atoms with Gasteiger partial charge in [0.25, 0.3) is 0 Å². The highest BCUT2D eigenvalue weighted by molar-refractivity contribution is 7.97. The minimum absolute atomic E-state index is 0.0878. The molecule has 0 fully saturated rings. The predicted molar refractivity (Wildman–Crippen MR) is 127 cm³/mol. The van der Waals surface area contributed by atoms with Crippen LogP contribution in [0.3, 0.4) is 0 Å². The number of halogens is 6. The van der Waals surface area contributed by atoms with Crippen molar-refractivity contribution in [1.29, 1.82) is 5.26 Å². The summed E-state index contributed by atoms with van der Waals surface area (Å²) in [6.07, 6.45) is -5.08. The summed E-state index contributed by atoms with van der Waals surface area (Å²) < 4.78 is 90.4. The fraction of sp³-hybridized carbons (Fsp3) is 0.480. The minimum atomic E-state index is -4.76. The van der Waals surface area contributed by atoms with Gasteiger partial charge in [0.05, 0.1) is 27.6 Å². The van der Waals surface area contributed by atoms with E-state index < -0.39 is 47.1 Å². The van der Waals surface area contributed by atoms with Gasteiger partial charge in [-0.3, -0.25) is 0 Å². The molecule has 2 aromatic rings. The van der Waals surface area contributed by atoms with Crippen LogP contribution in [-0.4, -0.2) is 36.5 Å². The zero-order valence-electron chi connectivity index (χ0n) is 20.3. The molecule has 1 atom stereocenters. The van der Waals surface area contributed by atoms with Crippen molar-refractivity contribution in [2.45, 2.75) is 56.6 Å². The molecule has 0 spiro atoms. The van der Waals surface area contributed by atoms with E-state index >= 15 is 0 Å². The zero-order chi connectivity index (χ0) is 26.9. The Balaban J connectivity index is 2.12. The van der Waals surface area contributed by atoms with Gasteiger partial charge in [0.1, 0.15) is 18.2 Å². The van der Waals surface area contributed by atoms with Crippen molar-refractivity contribution in [3.05, 3.63) is 47.8 Å². The number of rotatable bonds is 7. The summed E-state index contributed by atoms with van der Waals surface area (Å²) in [4.78, 5) is 1.99. The monoisotopic (exact) mass is 531 g/mol. The van der Waals surface area contributed by atoms with Crippen LogP contribution in [0.25, 0.3) is 0 Å². The smallest absolute Gasteiger partial charge is 0.420 e. The molecule has 196 valence electrons. The summed E-state index contributed by atoms with van der Waals surface area (Å²) in [5.74, 6) is -3.84. The highest BCUT2D eigenvalue weighted by atomic mass is 32.2. The van der Waals surface area contributed by atoms with Crippen LogP contribution in [0.15, 0.2) is 41.3 Å². The van der Waals surface area contributed by atoms with Crippen LogP contribution in [0.4, 0.5) is 37.7 Å². The number of benzene rings is 2. The van der Waals surface area contributed by atoms with Gasteiger partial charge in [-0.15, -0.1) is 0 Å². The molecule has 3 rings (SSSR count). The van der Waals surface area contributed by atoms with Gasteiger partial charge >= 0.3 is 6.18 Å². The first-order valence-corrected chi connectivity index (χ1v) is 12.0. The fourth-order valence-electron chi connectivity index (χ4n) is 3.68. The first kappa shape index (κ1) is 28.0. The second kappa shape index (κ2) is 10.4. The van der Waals surface area contributed by atoms with E-state index in [0.717, 1.165) is 24.9 Å². The minimum Gasteiger partial charge on any atom is -0.491 e. The van der Waals surface area contributed by atoms with E-state index in [-0.39, 0.29) is 25.3 Å². The highest BCUT2D eigenvalue weighted by Crippen LogP contribution is 2.48. The molecular weight excluding hydrogens is 504 g/mol. The molecular formula is C25H27F6N3OS. The lowest BCUT2D eigenvalue weighted by Crippen LogP contribution is -2.36. The first-order chi connectivity index (χ1) is 16.6. The van der Waals surface area contributed by atoms with E-state index in [0.29, 0.717) is 10.6 Å². The van der Waals surface area contributed by atoms with E-state index in [9.17, 15) is 31.6 Å². The molecule has 0 saturated carbocycles. The zero-order valence-corrected chi connectivity index (χ0v) is 21.1. The van der Waals surface area contributed by atoms with Crippen LogP contribution in [0.5, 0.6) is 5.75 Å². The maximum absolute atomic E-state index is 14.1. The molecule has 0 bridgehead atoms. The third-order valence-corrected chi connectivity index (χ3v) is 6.86. The maximum atomic E-state index is 14.1. The van der Waals surface area contributed by atoms with Gasteiger partial charge in [-0.1, -0.05) is 0 Å². The van der Waals surface area contributed by atoms with Crippen LogP contribution in [0.2, 0.25) is 0 Å². The number of hydrogen-bond donors (Lipinski definition) is 0. The van der Waals surface area contributed by atoms with Crippen molar-refractivity contribution in [1.82, 2.24) is 4.31 Å². The van der Waals surface area contributed by atoms with Gasteiger partial charge in [0, 0.05) is 24.7 Å². The van der Waals surface area contributed by atoms with Gasteiger partial charge in [0.2, 0.25) is 5.92 Å². The Bertz CT molecular complexity index is 1110. The number of alkyl halides is 5. The lowest BCUT2D eigenvalue weighted by molar-refractivity contribution is -0.139. The second-order valence-electron chi connectivity index (χ2n) is 9.59. The highest BCUT2D eigenvalue weighted by Gasteiger charge is 2.39. The normalized spacial score (nSPS) is 17.4. The second-order valence-corrected chi connectivity index (χ2v) is 10.8. The Morgan fingerprint density at radius 1 is 1.08 bits per heavy atom. The fourth-order valence-corrected chi connectivity index (χ4v) is 4.73. The summed E-state index contributed by atoms with van der Waals surface area (Å²) in [5, 5.41) is 9.23. The number of anilines is 2. The summed E-state index contributed by atoms with van der Waals surface area (Å²) >= 11 is 1.13.